The number of nitrogens with two attached hydrogens (primary N) is 1. The Morgan fingerprint density at radius 3 is 2.21 bits per heavy atom. The van der Waals surface area contributed by atoms with E-state index in [0.717, 1.165) is 11.8 Å². The molecule has 2 rings (SSSR count). The Kier molecular flexibility index (Phi) is 2.85. The smallest absolute Gasteiger partial charge is 0.0611 e. The van der Waals surface area contributed by atoms with Gasteiger partial charge in [-0.05, 0) is 55.4 Å². The van der Waals surface area contributed by atoms with Gasteiger partial charge in [-0.25, -0.2) is 0 Å². The van der Waals surface area contributed by atoms with E-state index in [0.29, 0.717) is 24.3 Å². The Balaban J connectivity index is 1.89. The molecule has 0 aliphatic heterocycles. The number of fused-ring (bicyclic) bond motifs is 1. The monoisotopic (exact) mass is 197 g/mol. The fourth-order valence-electron chi connectivity index (χ4n) is 3.20. The second kappa shape index (κ2) is 3.82. The van der Waals surface area contributed by atoms with Gasteiger partial charge >= 0.3 is 0 Å². The van der Waals surface area contributed by atoms with Gasteiger partial charge in [-0.15, -0.1) is 0 Å². The molecular weight excluding hydrogens is 174 g/mol. The Morgan fingerprint density at radius 1 is 1.21 bits per heavy atom. The van der Waals surface area contributed by atoms with E-state index in [1.54, 1.807) is 0 Å². The first-order chi connectivity index (χ1) is 6.63. The lowest BCUT2D eigenvalue weighted by Gasteiger charge is -2.30. The molecule has 0 saturated heterocycles. The van der Waals surface area contributed by atoms with Gasteiger partial charge in [0.2, 0.25) is 0 Å². The highest BCUT2D eigenvalue weighted by atomic mass is 16.3. The lowest BCUT2D eigenvalue weighted by molar-refractivity contribution is 0.0313. The lowest BCUT2D eigenvalue weighted by atomic mass is 9.81. The molecule has 14 heavy (non-hydrogen) atoms. The Bertz CT molecular complexity index is 194. The van der Waals surface area contributed by atoms with Crippen LogP contribution in [0.25, 0.3) is 0 Å². The highest BCUT2D eigenvalue weighted by molar-refractivity contribution is 4.99. The van der Waals surface area contributed by atoms with Crippen LogP contribution in [0, 0.1) is 29.6 Å². The molecular formula is C12H23NO. The summed E-state index contributed by atoms with van der Waals surface area (Å²) in [6.45, 7) is 4.96. The third-order valence-corrected chi connectivity index (χ3v) is 4.33. The van der Waals surface area contributed by atoms with Crippen molar-refractivity contribution in [3.63, 3.8) is 0 Å². The molecule has 0 heterocycles. The molecule has 4 unspecified atom stereocenters. The first-order valence-electron chi connectivity index (χ1n) is 6.01. The number of aliphatic hydroxyl groups excluding tert-OH is 1. The van der Waals surface area contributed by atoms with Gasteiger partial charge in [-0.3, -0.25) is 0 Å². The van der Waals surface area contributed by atoms with Crippen molar-refractivity contribution in [2.45, 2.75) is 39.2 Å². The van der Waals surface area contributed by atoms with Crippen molar-refractivity contribution in [2.24, 2.45) is 35.3 Å². The van der Waals surface area contributed by atoms with Crippen LogP contribution in [0.2, 0.25) is 0 Å². The zero-order valence-corrected chi connectivity index (χ0v) is 9.32. The summed E-state index contributed by atoms with van der Waals surface area (Å²) in [6, 6.07) is 0. The van der Waals surface area contributed by atoms with E-state index >= 15 is 0 Å². The van der Waals surface area contributed by atoms with Gasteiger partial charge in [0.1, 0.15) is 0 Å². The van der Waals surface area contributed by atoms with E-state index in [-0.39, 0.29) is 6.10 Å². The first-order valence-corrected chi connectivity index (χ1v) is 6.01. The number of hydrogen-bond acceptors (Lipinski definition) is 2. The van der Waals surface area contributed by atoms with Crippen LogP contribution in [-0.2, 0) is 0 Å². The maximum Gasteiger partial charge on any atom is 0.0611 e. The van der Waals surface area contributed by atoms with Gasteiger partial charge in [0.25, 0.3) is 0 Å². The second-order valence-electron chi connectivity index (χ2n) is 5.62. The molecule has 4 atom stereocenters. The van der Waals surface area contributed by atoms with E-state index < -0.39 is 0 Å². The maximum atomic E-state index is 10.2. The van der Waals surface area contributed by atoms with Crippen molar-refractivity contribution < 1.29 is 5.11 Å². The minimum atomic E-state index is -0.146. The number of aliphatic hydroxyl groups is 1. The van der Waals surface area contributed by atoms with Crippen molar-refractivity contribution in [3.05, 3.63) is 0 Å². The normalized spacial score (nSPS) is 39.6. The third kappa shape index (κ3) is 1.82. The summed E-state index contributed by atoms with van der Waals surface area (Å²) >= 11 is 0. The third-order valence-electron chi connectivity index (χ3n) is 4.33. The molecule has 0 aromatic carbocycles. The van der Waals surface area contributed by atoms with Crippen LogP contribution in [0.4, 0.5) is 0 Å². The lowest BCUT2D eigenvalue weighted by Crippen LogP contribution is -2.36. The second-order valence-corrected chi connectivity index (χ2v) is 5.62. The summed E-state index contributed by atoms with van der Waals surface area (Å²) in [5.74, 6) is 3.28. The molecule has 0 radical (unpaired) electrons. The molecule has 82 valence electrons. The molecule has 0 aromatic rings. The Morgan fingerprint density at radius 2 is 1.79 bits per heavy atom. The van der Waals surface area contributed by atoms with Crippen molar-refractivity contribution in [1.82, 2.24) is 0 Å². The fourth-order valence-corrected chi connectivity index (χ4v) is 3.20. The van der Waals surface area contributed by atoms with Crippen molar-refractivity contribution in [1.29, 1.82) is 0 Å². The van der Waals surface area contributed by atoms with Gasteiger partial charge in [0.05, 0.1) is 6.10 Å². The van der Waals surface area contributed by atoms with E-state index in [9.17, 15) is 5.11 Å². The summed E-state index contributed by atoms with van der Waals surface area (Å²) in [5.41, 5.74) is 5.73. The average molecular weight is 197 g/mol. The van der Waals surface area contributed by atoms with Crippen LogP contribution in [0.5, 0.6) is 0 Å². The molecule has 2 saturated carbocycles. The summed E-state index contributed by atoms with van der Waals surface area (Å²) in [7, 11) is 0. The highest BCUT2D eigenvalue weighted by Gasteiger charge is 2.48. The Hall–Kier alpha value is -0.0800. The fraction of sp³-hybridized carbons (Fsp3) is 1.00. The van der Waals surface area contributed by atoms with Gasteiger partial charge in [-0.2, -0.15) is 0 Å². The molecule has 3 N–H and O–H groups in total. The highest BCUT2D eigenvalue weighted by Crippen LogP contribution is 2.55. The van der Waals surface area contributed by atoms with E-state index in [2.05, 4.69) is 13.8 Å². The van der Waals surface area contributed by atoms with Crippen LogP contribution in [0.15, 0.2) is 0 Å². The van der Waals surface area contributed by atoms with Crippen LogP contribution < -0.4 is 5.73 Å². The topological polar surface area (TPSA) is 46.2 Å². The largest absolute Gasteiger partial charge is 0.392 e. The quantitative estimate of drug-likeness (QED) is 0.719. The predicted molar refractivity (Wildman–Crippen MR) is 57.7 cm³/mol. The van der Waals surface area contributed by atoms with E-state index in [1.807, 2.05) is 0 Å². The summed E-state index contributed by atoms with van der Waals surface area (Å²) < 4.78 is 0. The summed E-state index contributed by atoms with van der Waals surface area (Å²) in [6.07, 6.45) is 3.80. The van der Waals surface area contributed by atoms with Gasteiger partial charge in [0, 0.05) is 0 Å². The minimum absolute atomic E-state index is 0.146. The molecule has 2 fully saturated rings. The maximum absolute atomic E-state index is 10.2. The first kappa shape index (κ1) is 10.4. The number of rotatable bonds is 4. The van der Waals surface area contributed by atoms with Crippen LogP contribution in [0.1, 0.15) is 33.1 Å². The van der Waals surface area contributed by atoms with Gasteiger partial charge in [0.15, 0.2) is 0 Å². The van der Waals surface area contributed by atoms with Gasteiger partial charge in [-0.1, -0.05) is 13.8 Å². The van der Waals surface area contributed by atoms with Crippen LogP contribution >= 0.6 is 0 Å². The Labute approximate surface area is 86.9 Å². The van der Waals surface area contributed by atoms with Crippen molar-refractivity contribution in [3.8, 4) is 0 Å². The summed E-state index contributed by atoms with van der Waals surface area (Å²) in [4.78, 5) is 0. The molecule has 2 nitrogen and oxygen atoms in total. The molecule has 2 aliphatic carbocycles. The predicted octanol–water partition coefficient (Wildman–Crippen LogP) is 1.62. The SMILES string of the molecule is CC(C)C(CN)C(O)C1CC2CC2C1. The molecule has 0 bridgehead atoms. The van der Waals surface area contributed by atoms with Crippen LogP contribution in [-0.4, -0.2) is 17.8 Å². The molecule has 0 spiro atoms. The number of hydrogen-bond donors (Lipinski definition) is 2. The molecule has 0 aromatic heterocycles. The van der Waals surface area contributed by atoms with Crippen molar-refractivity contribution >= 4 is 0 Å². The summed E-state index contributed by atoms with van der Waals surface area (Å²) in [5, 5.41) is 10.2. The average Bonchev–Trinajstić information content (AvgIpc) is 2.74. The standard InChI is InChI=1S/C12H23NO/c1-7(2)11(6-13)12(14)10-4-8-3-9(8)5-10/h7-12,14H,3-6,13H2,1-2H3. The zero-order valence-electron chi connectivity index (χ0n) is 9.32. The zero-order chi connectivity index (χ0) is 10.3. The molecule has 0 amide bonds. The van der Waals surface area contributed by atoms with Crippen molar-refractivity contribution in [2.75, 3.05) is 6.54 Å². The van der Waals surface area contributed by atoms with E-state index in [1.165, 1.54) is 19.3 Å². The van der Waals surface area contributed by atoms with Crippen LogP contribution in [0.3, 0.4) is 0 Å². The minimum Gasteiger partial charge on any atom is -0.392 e. The van der Waals surface area contributed by atoms with Gasteiger partial charge < -0.3 is 10.8 Å². The molecule has 2 aliphatic rings. The van der Waals surface area contributed by atoms with E-state index in [4.69, 9.17) is 5.73 Å². The molecule has 2 heteroatoms.